The van der Waals surface area contributed by atoms with E-state index in [2.05, 4.69) is 12.3 Å². The lowest BCUT2D eigenvalue weighted by Gasteiger charge is -1.88. The first-order valence-electron chi connectivity index (χ1n) is 2.81. The largest absolute Gasteiger partial charge is 0.218 e. The molecule has 0 radical (unpaired) electrons. The predicted molar refractivity (Wildman–Crippen MR) is 45.2 cm³/mol. The molecule has 0 atom stereocenters. The van der Waals surface area contributed by atoms with Crippen LogP contribution in [0.3, 0.4) is 0 Å². The van der Waals surface area contributed by atoms with Crippen molar-refractivity contribution in [3.05, 3.63) is 35.2 Å². The topological polar surface area (TPSA) is 34.1 Å². The van der Waals surface area contributed by atoms with E-state index in [0.717, 1.165) is 5.41 Å². The molecule has 1 aromatic heterocycles. The third-order valence-corrected chi connectivity index (χ3v) is 3.84. The summed E-state index contributed by atoms with van der Waals surface area (Å²) in [6, 6.07) is 3.24. The molecule has 0 N–H and O–H groups in total. The molecular formula is C7H6O2S2. The summed E-state index contributed by atoms with van der Waals surface area (Å²) >= 11 is 1.18. The second-order valence-corrected chi connectivity index (χ2v) is 4.77. The lowest BCUT2D eigenvalue weighted by atomic mass is 10.7. The minimum atomic E-state index is -3.25. The average molecular weight is 186 g/mol. The Labute approximate surface area is 69.4 Å². The van der Waals surface area contributed by atoms with E-state index in [1.54, 1.807) is 17.5 Å². The Morgan fingerprint density at radius 2 is 2.36 bits per heavy atom. The van der Waals surface area contributed by atoms with Crippen LogP contribution < -0.4 is 0 Å². The van der Waals surface area contributed by atoms with E-state index in [4.69, 9.17) is 0 Å². The minimum Gasteiger partial charge on any atom is -0.218 e. The SMILES string of the molecule is C=C=CS(=O)(=O)c1cccs1. The summed E-state index contributed by atoms with van der Waals surface area (Å²) in [6.45, 7) is 3.20. The van der Waals surface area contributed by atoms with Crippen molar-refractivity contribution in [2.24, 2.45) is 0 Å². The number of hydrogen-bond donors (Lipinski definition) is 0. The van der Waals surface area contributed by atoms with E-state index >= 15 is 0 Å². The zero-order chi connectivity index (χ0) is 8.32. The molecule has 1 heterocycles. The number of sulfone groups is 1. The van der Waals surface area contributed by atoms with E-state index < -0.39 is 9.84 Å². The van der Waals surface area contributed by atoms with Gasteiger partial charge >= 0.3 is 0 Å². The van der Waals surface area contributed by atoms with Gasteiger partial charge in [-0.1, -0.05) is 12.6 Å². The van der Waals surface area contributed by atoms with Gasteiger partial charge in [-0.2, -0.15) is 0 Å². The summed E-state index contributed by atoms with van der Waals surface area (Å²) < 4.78 is 22.6. The van der Waals surface area contributed by atoms with Crippen LogP contribution in [-0.2, 0) is 9.84 Å². The van der Waals surface area contributed by atoms with Crippen LogP contribution in [0.4, 0.5) is 0 Å². The van der Waals surface area contributed by atoms with Crippen molar-refractivity contribution < 1.29 is 8.42 Å². The fourth-order valence-corrected chi connectivity index (χ4v) is 2.49. The Kier molecular flexibility index (Phi) is 2.29. The monoisotopic (exact) mass is 186 g/mol. The van der Waals surface area contributed by atoms with E-state index in [9.17, 15) is 8.42 Å². The maximum atomic E-state index is 11.1. The predicted octanol–water partition coefficient (Wildman–Crippen LogP) is 1.82. The van der Waals surface area contributed by atoms with Gasteiger partial charge < -0.3 is 0 Å². The molecule has 0 aliphatic heterocycles. The van der Waals surface area contributed by atoms with Crippen LogP contribution in [0, 0.1) is 0 Å². The van der Waals surface area contributed by atoms with Crippen molar-refractivity contribution >= 4 is 21.2 Å². The molecular weight excluding hydrogens is 180 g/mol. The minimum absolute atomic E-state index is 0.327. The van der Waals surface area contributed by atoms with Crippen molar-refractivity contribution in [3.63, 3.8) is 0 Å². The summed E-state index contributed by atoms with van der Waals surface area (Å²) in [6.07, 6.45) is 0. The van der Waals surface area contributed by atoms with Gasteiger partial charge in [-0.15, -0.1) is 17.1 Å². The molecule has 0 saturated carbocycles. The molecule has 0 aliphatic carbocycles. The van der Waals surface area contributed by atoms with Crippen LogP contribution in [0.1, 0.15) is 0 Å². The molecule has 11 heavy (non-hydrogen) atoms. The van der Waals surface area contributed by atoms with Gasteiger partial charge in [0, 0.05) is 0 Å². The highest BCUT2D eigenvalue weighted by Gasteiger charge is 2.09. The Bertz CT molecular complexity index is 367. The molecule has 58 valence electrons. The molecule has 0 amide bonds. The third-order valence-electron chi connectivity index (χ3n) is 1.01. The van der Waals surface area contributed by atoms with Gasteiger partial charge in [0.25, 0.3) is 0 Å². The Morgan fingerprint density at radius 3 is 2.82 bits per heavy atom. The standard InChI is InChI=1S/C7H6O2S2/c1-2-6-11(8,9)7-4-3-5-10-7/h3-6H,1H2. The highest BCUT2D eigenvalue weighted by atomic mass is 32.2. The molecule has 4 heteroatoms. The number of rotatable bonds is 2. The quantitative estimate of drug-likeness (QED) is 0.660. The Hall–Kier alpha value is -0.830. The zero-order valence-electron chi connectivity index (χ0n) is 5.65. The second-order valence-electron chi connectivity index (χ2n) is 1.80. The lowest BCUT2D eigenvalue weighted by Crippen LogP contribution is -1.90. The maximum Gasteiger partial charge on any atom is 0.216 e. The first-order valence-corrected chi connectivity index (χ1v) is 5.24. The molecule has 0 fully saturated rings. The maximum absolute atomic E-state index is 11.1. The normalized spacial score (nSPS) is 10.5. The highest BCUT2D eigenvalue weighted by Crippen LogP contribution is 2.17. The molecule has 1 rings (SSSR count). The average Bonchev–Trinajstić information content (AvgIpc) is 2.37. The van der Waals surface area contributed by atoms with Crippen molar-refractivity contribution in [1.82, 2.24) is 0 Å². The van der Waals surface area contributed by atoms with Crippen molar-refractivity contribution in [3.8, 4) is 0 Å². The lowest BCUT2D eigenvalue weighted by molar-refractivity contribution is 0.606. The zero-order valence-corrected chi connectivity index (χ0v) is 7.28. The molecule has 1 aromatic rings. The van der Waals surface area contributed by atoms with Crippen LogP contribution >= 0.6 is 11.3 Å². The number of thiophene rings is 1. The van der Waals surface area contributed by atoms with Gasteiger partial charge in [0.1, 0.15) is 4.21 Å². The summed E-state index contributed by atoms with van der Waals surface area (Å²) in [7, 11) is -3.25. The Morgan fingerprint density at radius 1 is 1.64 bits per heavy atom. The smallest absolute Gasteiger partial charge is 0.216 e. The van der Waals surface area contributed by atoms with E-state index in [0.29, 0.717) is 4.21 Å². The van der Waals surface area contributed by atoms with Gasteiger partial charge in [-0.05, 0) is 11.4 Å². The molecule has 0 unspecified atom stereocenters. The molecule has 0 bridgehead atoms. The first kappa shape index (κ1) is 8.27. The second kappa shape index (κ2) is 3.05. The summed E-state index contributed by atoms with van der Waals surface area (Å²) in [5, 5.41) is 2.68. The summed E-state index contributed by atoms with van der Waals surface area (Å²) in [4.78, 5) is 0. The van der Waals surface area contributed by atoms with Gasteiger partial charge in [0.15, 0.2) is 0 Å². The molecule has 0 aromatic carbocycles. The van der Waals surface area contributed by atoms with Gasteiger partial charge in [0.05, 0.1) is 5.41 Å². The highest BCUT2D eigenvalue weighted by molar-refractivity contribution is 7.96. The van der Waals surface area contributed by atoms with Crippen molar-refractivity contribution in [2.45, 2.75) is 4.21 Å². The van der Waals surface area contributed by atoms with Crippen molar-refractivity contribution in [2.75, 3.05) is 0 Å². The van der Waals surface area contributed by atoms with Gasteiger partial charge in [-0.3, -0.25) is 0 Å². The van der Waals surface area contributed by atoms with Crippen molar-refractivity contribution in [1.29, 1.82) is 0 Å². The van der Waals surface area contributed by atoms with Crippen LogP contribution in [0.15, 0.2) is 39.4 Å². The van der Waals surface area contributed by atoms with Gasteiger partial charge in [0.2, 0.25) is 9.84 Å². The van der Waals surface area contributed by atoms with Gasteiger partial charge in [-0.25, -0.2) is 8.42 Å². The molecule has 0 spiro atoms. The Balaban J connectivity index is 3.22. The fraction of sp³-hybridized carbons (Fsp3) is 0. The summed E-state index contributed by atoms with van der Waals surface area (Å²) in [5.41, 5.74) is 2.24. The molecule has 0 saturated heterocycles. The van der Waals surface area contributed by atoms with E-state index in [1.807, 2.05) is 0 Å². The first-order chi connectivity index (χ1) is 5.17. The third kappa shape index (κ3) is 1.80. The van der Waals surface area contributed by atoms with Crippen LogP contribution in [0.5, 0.6) is 0 Å². The van der Waals surface area contributed by atoms with E-state index in [1.165, 1.54) is 11.3 Å². The molecule has 0 aliphatic rings. The van der Waals surface area contributed by atoms with Crippen LogP contribution in [0.25, 0.3) is 0 Å². The number of hydrogen-bond acceptors (Lipinski definition) is 3. The summed E-state index contributed by atoms with van der Waals surface area (Å²) in [5.74, 6) is 0. The molecule has 2 nitrogen and oxygen atoms in total. The van der Waals surface area contributed by atoms with E-state index in [-0.39, 0.29) is 0 Å². The van der Waals surface area contributed by atoms with Crippen LogP contribution in [-0.4, -0.2) is 8.42 Å². The van der Waals surface area contributed by atoms with Crippen LogP contribution in [0.2, 0.25) is 0 Å². The fourth-order valence-electron chi connectivity index (χ4n) is 0.593.